The molecular formula is C32H33ClFN7O5S. The number of aromatic nitrogens is 5. The Morgan fingerprint density at radius 1 is 1.13 bits per heavy atom. The number of hydrogen-bond acceptors (Lipinski definition) is 10. The number of aromatic hydroxyl groups is 1. The van der Waals surface area contributed by atoms with Gasteiger partial charge in [-0.25, -0.2) is 37.1 Å². The number of amides is 1. The highest BCUT2D eigenvalue weighted by Crippen LogP contribution is 2.46. The summed E-state index contributed by atoms with van der Waals surface area (Å²) in [5.41, 5.74) is -0.530. The third-order valence-electron chi connectivity index (χ3n) is 8.62. The summed E-state index contributed by atoms with van der Waals surface area (Å²) in [5.74, 6) is -2.71. The Hall–Kier alpha value is -4.43. The average Bonchev–Trinajstić information content (AvgIpc) is 3.09. The van der Waals surface area contributed by atoms with Crippen LogP contribution in [0.15, 0.2) is 46.9 Å². The molecule has 2 aliphatic heterocycles. The van der Waals surface area contributed by atoms with E-state index in [1.807, 2.05) is 27.7 Å². The molecule has 5 heterocycles. The maximum absolute atomic E-state index is 15.4. The van der Waals surface area contributed by atoms with Gasteiger partial charge in [-0.15, -0.1) is 0 Å². The Bertz CT molecular complexity index is 2110. The lowest BCUT2D eigenvalue weighted by atomic mass is 10.0. The fourth-order valence-corrected chi connectivity index (χ4v) is 8.88. The number of benzene rings is 1. The van der Waals surface area contributed by atoms with Crippen LogP contribution in [0.3, 0.4) is 0 Å². The molecule has 4 aromatic rings. The molecular weight excluding hydrogens is 649 g/mol. The van der Waals surface area contributed by atoms with Crippen LogP contribution in [0.5, 0.6) is 5.75 Å². The zero-order valence-electron chi connectivity index (χ0n) is 26.4. The van der Waals surface area contributed by atoms with Crippen molar-refractivity contribution in [2.24, 2.45) is 0 Å². The maximum Gasteiger partial charge on any atom is 0.355 e. The highest BCUT2D eigenvalue weighted by atomic mass is 35.5. The Labute approximate surface area is 275 Å². The monoisotopic (exact) mass is 681 g/mol. The summed E-state index contributed by atoms with van der Waals surface area (Å²) in [7, 11) is -4.35. The number of carbonyl (C=O) groups excluding carboxylic acids is 1. The van der Waals surface area contributed by atoms with Gasteiger partial charge in [0.05, 0.1) is 50.5 Å². The van der Waals surface area contributed by atoms with Gasteiger partial charge in [-0.2, -0.15) is 4.98 Å². The van der Waals surface area contributed by atoms with Crippen molar-refractivity contribution in [3.63, 3.8) is 0 Å². The largest absolute Gasteiger partial charge is 0.507 e. The van der Waals surface area contributed by atoms with Crippen molar-refractivity contribution in [1.82, 2.24) is 29.4 Å². The first-order valence-electron chi connectivity index (χ1n) is 15.1. The Kier molecular flexibility index (Phi) is 8.07. The number of fused-ring (bicyclic) bond motifs is 2. The molecule has 1 saturated heterocycles. The number of piperazine rings is 1. The van der Waals surface area contributed by atoms with Crippen molar-refractivity contribution in [2.45, 2.75) is 63.4 Å². The molecule has 246 valence electrons. The number of sulfone groups is 1. The molecule has 0 saturated carbocycles. The number of carbonyl (C=O) groups is 1. The first kappa shape index (κ1) is 32.5. The van der Waals surface area contributed by atoms with E-state index in [0.717, 1.165) is 12.1 Å². The molecule has 1 amide bonds. The molecule has 3 aromatic heterocycles. The van der Waals surface area contributed by atoms with Crippen LogP contribution in [0.2, 0.25) is 5.02 Å². The van der Waals surface area contributed by atoms with Gasteiger partial charge in [0.2, 0.25) is 5.91 Å². The van der Waals surface area contributed by atoms with Crippen molar-refractivity contribution in [1.29, 1.82) is 0 Å². The highest BCUT2D eigenvalue weighted by molar-refractivity contribution is 7.91. The molecule has 0 spiro atoms. The molecule has 47 heavy (non-hydrogen) atoms. The van der Waals surface area contributed by atoms with Crippen molar-refractivity contribution < 1.29 is 22.7 Å². The number of anilines is 1. The Morgan fingerprint density at radius 3 is 2.38 bits per heavy atom. The minimum Gasteiger partial charge on any atom is -0.507 e. The van der Waals surface area contributed by atoms with Crippen molar-refractivity contribution in [2.75, 3.05) is 23.7 Å². The van der Waals surface area contributed by atoms with E-state index in [4.69, 9.17) is 16.6 Å². The third-order valence-corrected chi connectivity index (χ3v) is 11.0. The number of phenolic OH excluding ortho intramolecular Hbond substituents is 1. The smallest absolute Gasteiger partial charge is 0.355 e. The van der Waals surface area contributed by atoms with E-state index in [9.17, 15) is 23.1 Å². The molecule has 0 bridgehead atoms. The van der Waals surface area contributed by atoms with Gasteiger partial charge >= 0.3 is 5.69 Å². The normalized spacial score (nSPS) is 18.8. The molecule has 2 unspecified atom stereocenters. The lowest BCUT2D eigenvalue weighted by Gasteiger charge is -2.44. The van der Waals surface area contributed by atoms with E-state index in [2.05, 4.69) is 21.5 Å². The topological polar surface area (TPSA) is 151 Å². The lowest BCUT2D eigenvalue weighted by molar-refractivity contribution is -0.128. The van der Waals surface area contributed by atoms with Gasteiger partial charge in [0.15, 0.2) is 15.5 Å². The van der Waals surface area contributed by atoms with Gasteiger partial charge in [-0.1, -0.05) is 51.9 Å². The molecule has 6 rings (SSSR count). The van der Waals surface area contributed by atoms with E-state index in [0.29, 0.717) is 11.4 Å². The number of phenols is 1. The zero-order valence-corrected chi connectivity index (χ0v) is 28.0. The lowest BCUT2D eigenvalue weighted by Crippen LogP contribution is -2.60. The van der Waals surface area contributed by atoms with Crippen LogP contribution in [0.4, 0.5) is 10.2 Å². The van der Waals surface area contributed by atoms with E-state index in [1.165, 1.54) is 27.9 Å². The molecule has 15 heteroatoms. The van der Waals surface area contributed by atoms with Gasteiger partial charge in [-0.05, 0) is 37.0 Å². The molecule has 2 atom stereocenters. The van der Waals surface area contributed by atoms with Crippen molar-refractivity contribution in [3.05, 3.63) is 69.9 Å². The second kappa shape index (κ2) is 11.7. The van der Waals surface area contributed by atoms with Gasteiger partial charge < -0.3 is 14.9 Å². The first-order valence-corrected chi connectivity index (χ1v) is 17.1. The van der Waals surface area contributed by atoms with Crippen molar-refractivity contribution >= 4 is 44.2 Å². The number of rotatable bonds is 5. The van der Waals surface area contributed by atoms with Crippen LogP contribution in [0.1, 0.15) is 57.8 Å². The number of halogens is 2. The second-order valence-electron chi connectivity index (χ2n) is 12.4. The summed E-state index contributed by atoms with van der Waals surface area (Å²) >= 11 is 6.90. The van der Waals surface area contributed by atoms with E-state index in [1.54, 1.807) is 11.8 Å². The number of hydrogen-bond donors (Lipinski definition) is 1. The molecule has 12 nitrogen and oxygen atoms in total. The molecule has 0 aliphatic carbocycles. The van der Waals surface area contributed by atoms with E-state index >= 15 is 4.39 Å². The van der Waals surface area contributed by atoms with E-state index < -0.39 is 60.4 Å². The summed E-state index contributed by atoms with van der Waals surface area (Å²) in [6.45, 7) is 13.1. The van der Waals surface area contributed by atoms with E-state index in [-0.39, 0.29) is 59.1 Å². The fourth-order valence-electron chi connectivity index (χ4n) is 6.48. The van der Waals surface area contributed by atoms with Crippen LogP contribution >= 0.6 is 11.6 Å². The minimum atomic E-state index is -4.35. The standard InChI is InChI=1S/C32H33ClFN7O5S/c1-7-21(43)39-12-18-13-47(45,46)29-23-30(40(18)11-17(39)6)38-32(44)41(28-25(15(2)3)35-14-36-26(28)16(4)5)31(23)37-27(24(29)33)22-19(34)9-8-10-20(22)42/h7-10,14-18,42H,1,11-13H2,2-6H3. The Balaban J connectivity index is 1.82. The average molecular weight is 682 g/mol. The van der Waals surface area contributed by atoms with Gasteiger partial charge in [-0.3, -0.25) is 4.79 Å². The van der Waals surface area contributed by atoms with Crippen molar-refractivity contribution in [3.8, 4) is 22.7 Å². The quantitative estimate of drug-likeness (QED) is 0.301. The summed E-state index contributed by atoms with van der Waals surface area (Å²) < 4.78 is 45.5. The molecule has 1 aromatic carbocycles. The molecule has 1 N–H and O–H groups in total. The minimum absolute atomic E-state index is 0.000969. The van der Waals surface area contributed by atoms with Crippen LogP contribution in [0.25, 0.3) is 28.0 Å². The number of nitrogens with zero attached hydrogens (tertiary/aromatic N) is 7. The summed E-state index contributed by atoms with van der Waals surface area (Å²) in [4.78, 5) is 48.0. The molecule has 0 radical (unpaired) electrons. The van der Waals surface area contributed by atoms with Crippen LogP contribution < -0.4 is 10.6 Å². The Morgan fingerprint density at radius 2 is 1.79 bits per heavy atom. The SMILES string of the molecule is C=CC(=O)N1CC2CS(=O)(=O)c3c(Cl)c(-c4c(O)cccc4F)nc4c3c(nc(=O)n4-c3c(C(C)C)ncnc3C(C)C)N2CC1C. The number of pyridine rings is 1. The highest BCUT2D eigenvalue weighted by Gasteiger charge is 2.44. The second-order valence-corrected chi connectivity index (χ2v) is 14.8. The van der Waals surface area contributed by atoms with Crippen LogP contribution in [0, 0.1) is 5.82 Å². The maximum atomic E-state index is 15.4. The first-order chi connectivity index (χ1) is 22.2. The van der Waals surface area contributed by atoms with Gasteiger partial charge in [0.25, 0.3) is 0 Å². The molecule has 1 fully saturated rings. The van der Waals surface area contributed by atoms with Crippen LogP contribution in [-0.4, -0.2) is 79.8 Å². The van der Waals surface area contributed by atoms with Gasteiger partial charge in [0, 0.05) is 19.1 Å². The zero-order chi connectivity index (χ0) is 34.1. The predicted octanol–water partition coefficient (Wildman–Crippen LogP) is 4.36. The van der Waals surface area contributed by atoms with Gasteiger partial charge in [0.1, 0.15) is 28.6 Å². The summed E-state index contributed by atoms with van der Waals surface area (Å²) in [6, 6.07) is 2.37. The third kappa shape index (κ3) is 5.14. The fraction of sp³-hybridized carbons (Fsp3) is 0.375. The predicted molar refractivity (Wildman–Crippen MR) is 176 cm³/mol. The molecule has 2 aliphatic rings. The van der Waals surface area contributed by atoms with Crippen LogP contribution in [-0.2, 0) is 14.6 Å². The summed E-state index contributed by atoms with van der Waals surface area (Å²) in [5, 5.41) is 10.3. The summed E-state index contributed by atoms with van der Waals surface area (Å²) in [6.07, 6.45) is 2.56.